The van der Waals surface area contributed by atoms with E-state index in [1.54, 1.807) is 0 Å². The summed E-state index contributed by atoms with van der Waals surface area (Å²) in [5.74, 6) is -1.11. The molecule has 0 aliphatic heterocycles. The number of hydrogen-bond acceptors (Lipinski definition) is 0. The van der Waals surface area contributed by atoms with Gasteiger partial charge in [-0.2, -0.15) is 0 Å². The van der Waals surface area contributed by atoms with E-state index in [4.69, 9.17) is 0 Å². The highest BCUT2D eigenvalue weighted by Crippen LogP contribution is 2.20. The Bertz CT molecular complexity index is 222. The van der Waals surface area contributed by atoms with Crippen molar-refractivity contribution in [3.8, 4) is 0 Å². The minimum Gasteiger partial charge on any atom is -0.207 e. The summed E-state index contributed by atoms with van der Waals surface area (Å²) in [5.41, 5.74) is 0.263. The third kappa shape index (κ3) is 2.66. The van der Waals surface area contributed by atoms with Crippen LogP contribution in [0.3, 0.4) is 0 Å². The van der Waals surface area contributed by atoms with Gasteiger partial charge in [-0.3, -0.25) is 0 Å². The summed E-state index contributed by atoms with van der Waals surface area (Å²) in [6, 6.07) is 0. The van der Waals surface area contributed by atoms with Gasteiger partial charge in [-0.25, -0.2) is 8.78 Å². The van der Waals surface area contributed by atoms with Crippen LogP contribution >= 0.6 is 0 Å². The van der Waals surface area contributed by atoms with E-state index >= 15 is 0 Å². The van der Waals surface area contributed by atoms with Gasteiger partial charge in [0.1, 0.15) is 11.7 Å². The van der Waals surface area contributed by atoms with Gasteiger partial charge in [0.25, 0.3) is 0 Å². The smallest absolute Gasteiger partial charge is 0.131 e. The van der Waals surface area contributed by atoms with Gasteiger partial charge in [0.05, 0.1) is 0 Å². The van der Waals surface area contributed by atoms with E-state index in [0.717, 1.165) is 0 Å². The zero-order valence-electron chi connectivity index (χ0n) is 7.04. The lowest BCUT2D eigenvalue weighted by atomic mass is 10.1. The molecule has 0 bridgehead atoms. The van der Waals surface area contributed by atoms with Crippen LogP contribution in [0.15, 0.2) is 35.5 Å². The zero-order valence-corrected chi connectivity index (χ0v) is 7.04. The summed E-state index contributed by atoms with van der Waals surface area (Å²) in [4.78, 5) is 0. The molecule has 0 spiro atoms. The van der Waals surface area contributed by atoms with E-state index in [0.29, 0.717) is 0 Å². The van der Waals surface area contributed by atoms with Crippen molar-refractivity contribution in [2.45, 2.75) is 20.8 Å². The molecule has 0 aromatic rings. The molecule has 0 N–H and O–H groups in total. The standard InChI is InChI=1S/C9H12F2/c1-5-8(10)7(4)9(11)6(2)3/h5H,2H2,1,3-4H3. The number of halogens is 2. The Balaban J connectivity index is 4.81. The Hall–Kier alpha value is -0.920. The summed E-state index contributed by atoms with van der Waals surface area (Å²) in [6.45, 7) is 7.77. The lowest BCUT2D eigenvalue weighted by Crippen LogP contribution is -1.84. The van der Waals surface area contributed by atoms with Crippen LogP contribution in [0.2, 0.25) is 0 Å². The van der Waals surface area contributed by atoms with Crippen LogP contribution in [0.25, 0.3) is 0 Å². The third-order valence-corrected chi connectivity index (χ3v) is 1.32. The molecule has 0 amide bonds. The van der Waals surface area contributed by atoms with Gasteiger partial charge in [0, 0.05) is 5.57 Å². The van der Waals surface area contributed by atoms with Crippen LogP contribution in [-0.4, -0.2) is 0 Å². The quantitative estimate of drug-likeness (QED) is 0.538. The summed E-state index contributed by atoms with van der Waals surface area (Å²) >= 11 is 0. The molecule has 62 valence electrons. The molecule has 0 aliphatic rings. The molecule has 0 nitrogen and oxygen atoms in total. The molecule has 0 saturated heterocycles. The van der Waals surface area contributed by atoms with E-state index < -0.39 is 11.7 Å². The van der Waals surface area contributed by atoms with Gasteiger partial charge in [-0.1, -0.05) is 12.7 Å². The van der Waals surface area contributed by atoms with Crippen molar-refractivity contribution >= 4 is 0 Å². The van der Waals surface area contributed by atoms with Crippen molar-refractivity contribution in [2.24, 2.45) is 0 Å². The Morgan fingerprint density at radius 3 is 2.00 bits per heavy atom. The largest absolute Gasteiger partial charge is 0.207 e. The second-order valence-corrected chi connectivity index (χ2v) is 2.36. The topological polar surface area (TPSA) is 0 Å². The molecule has 0 aromatic heterocycles. The summed E-state index contributed by atoms with van der Waals surface area (Å²) in [7, 11) is 0. The maximum Gasteiger partial charge on any atom is 0.131 e. The van der Waals surface area contributed by atoms with E-state index in [1.807, 2.05) is 0 Å². The van der Waals surface area contributed by atoms with E-state index in [1.165, 1.54) is 26.8 Å². The Labute approximate surface area is 65.9 Å². The van der Waals surface area contributed by atoms with Crippen LogP contribution in [0, 0.1) is 0 Å². The minimum absolute atomic E-state index is 0.0139. The molecule has 0 unspecified atom stereocenters. The van der Waals surface area contributed by atoms with Crippen molar-refractivity contribution in [3.05, 3.63) is 35.5 Å². The fourth-order valence-corrected chi connectivity index (χ4v) is 0.641. The number of hydrogen-bond donors (Lipinski definition) is 0. The van der Waals surface area contributed by atoms with Gasteiger partial charge < -0.3 is 0 Å². The summed E-state index contributed by atoms with van der Waals surface area (Å²) in [6.07, 6.45) is 1.22. The van der Waals surface area contributed by atoms with Gasteiger partial charge in [-0.05, 0) is 26.3 Å². The maximum atomic E-state index is 12.9. The van der Waals surface area contributed by atoms with Crippen molar-refractivity contribution in [1.82, 2.24) is 0 Å². The van der Waals surface area contributed by atoms with Gasteiger partial charge >= 0.3 is 0 Å². The molecule has 0 fully saturated rings. The van der Waals surface area contributed by atoms with Crippen LogP contribution in [0.1, 0.15) is 20.8 Å². The predicted octanol–water partition coefficient (Wildman–Crippen LogP) is 3.68. The SMILES string of the molecule is C=C(C)C(F)=C(C)C(F)=CC. The van der Waals surface area contributed by atoms with Crippen molar-refractivity contribution in [2.75, 3.05) is 0 Å². The summed E-state index contributed by atoms with van der Waals surface area (Å²) in [5, 5.41) is 0. The van der Waals surface area contributed by atoms with E-state index in [2.05, 4.69) is 6.58 Å². The molecule has 0 saturated carbocycles. The van der Waals surface area contributed by atoms with Gasteiger partial charge in [0.15, 0.2) is 0 Å². The van der Waals surface area contributed by atoms with Crippen LogP contribution in [0.4, 0.5) is 8.78 Å². The summed E-state index contributed by atoms with van der Waals surface area (Å²) < 4.78 is 25.5. The predicted molar refractivity (Wildman–Crippen MR) is 43.5 cm³/mol. The molecule has 0 atom stereocenters. The monoisotopic (exact) mass is 158 g/mol. The first kappa shape index (κ1) is 10.1. The third-order valence-electron chi connectivity index (χ3n) is 1.32. The van der Waals surface area contributed by atoms with E-state index in [-0.39, 0.29) is 11.1 Å². The molecular formula is C9H12F2. The fraction of sp³-hybridized carbons (Fsp3) is 0.333. The second kappa shape index (κ2) is 4.06. The second-order valence-electron chi connectivity index (χ2n) is 2.36. The minimum atomic E-state index is -0.569. The first-order chi connectivity index (χ1) is 5.00. The molecule has 0 aliphatic carbocycles. The van der Waals surface area contributed by atoms with Crippen molar-refractivity contribution < 1.29 is 8.78 Å². The average Bonchev–Trinajstić information content (AvgIpc) is 2.00. The highest BCUT2D eigenvalue weighted by atomic mass is 19.1. The van der Waals surface area contributed by atoms with Gasteiger partial charge in [-0.15, -0.1) is 0 Å². The number of allylic oxidation sites excluding steroid dienone is 5. The fourth-order valence-electron chi connectivity index (χ4n) is 0.641. The van der Waals surface area contributed by atoms with Crippen LogP contribution in [0.5, 0.6) is 0 Å². The zero-order chi connectivity index (χ0) is 9.02. The molecule has 0 rings (SSSR count). The highest BCUT2D eigenvalue weighted by molar-refractivity contribution is 5.34. The first-order valence-corrected chi connectivity index (χ1v) is 3.35. The lowest BCUT2D eigenvalue weighted by molar-refractivity contribution is 0.601. The number of rotatable bonds is 2. The normalized spacial score (nSPS) is 14.5. The Morgan fingerprint density at radius 1 is 1.27 bits per heavy atom. The lowest BCUT2D eigenvalue weighted by Gasteiger charge is -1.99. The molecular weight excluding hydrogens is 146 g/mol. The highest BCUT2D eigenvalue weighted by Gasteiger charge is 2.05. The van der Waals surface area contributed by atoms with Crippen molar-refractivity contribution in [3.63, 3.8) is 0 Å². The maximum absolute atomic E-state index is 12.9. The van der Waals surface area contributed by atoms with Crippen LogP contribution in [-0.2, 0) is 0 Å². The molecule has 11 heavy (non-hydrogen) atoms. The van der Waals surface area contributed by atoms with Crippen LogP contribution < -0.4 is 0 Å². The average molecular weight is 158 g/mol. The molecule has 0 radical (unpaired) electrons. The molecule has 2 heteroatoms. The first-order valence-electron chi connectivity index (χ1n) is 3.35. The van der Waals surface area contributed by atoms with Gasteiger partial charge in [0.2, 0.25) is 0 Å². The Kier molecular flexibility index (Phi) is 3.72. The molecule has 0 heterocycles. The van der Waals surface area contributed by atoms with Crippen molar-refractivity contribution in [1.29, 1.82) is 0 Å². The Morgan fingerprint density at radius 2 is 1.73 bits per heavy atom. The van der Waals surface area contributed by atoms with E-state index in [9.17, 15) is 8.78 Å². The molecule has 0 aromatic carbocycles.